The van der Waals surface area contributed by atoms with Crippen LogP contribution in [0.25, 0.3) is 0 Å². The molecule has 4 nitrogen and oxygen atoms in total. The number of carbonyl (C=O) groups excluding carboxylic acids is 1. The summed E-state index contributed by atoms with van der Waals surface area (Å²) >= 11 is 0. The molecular weight excluding hydrogens is 305 g/mol. The molecule has 0 spiro atoms. The first-order valence-electron chi connectivity index (χ1n) is 8.45. The summed E-state index contributed by atoms with van der Waals surface area (Å²) in [4.78, 5) is 15.0. The van der Waals surface area contributed by atoms with Gasteiger partial charge in [0, 0.05) is 11.3 Å². The third kappa shape index (κ3) is 4.88. The van der Waals surface area contributed by atoms with Crippen LogP contribution in [0.2, 0.25) is 0 Å². The third-order valence-electron chi connectivity index (χ3n) is 4.48. The van der Waals surface area contributed by atoms with E-state index in [1.54, 1.807) is 17.0 Å². The second-order valence-electron chi connectivity index (χ2n) is 6.40. The van der Waals surface area contributed by atoms with E-state index in [9.17, 15) is 9.18 Å². The maximum absolute atomic E-state index is 13.1. The minimum atomic E-state index is -0.335. The molecule has 1 fully saturated rings. The van der Waals surface area contributed by atoms with Crippen LogP contribution in [0.3, 0.4) is 0 Å². The van der Waals surface area contributed by atoms with Gasteiger partial charge in [-0.3, -0.25) is 4.79 Å². The molecule has 1 aliphatic rings. The number of benzene rings is 2. The summed E-state index contributed by atoms with van der Waals surface area (Å²) in [5, 5.41) is 2.77. The fourth-order valence-corrected chi connectivity index (χ4v) is 3.19. The van der Waals surface area contributed by atoms with E-state index in [-0.39, 0.29) is 11.7 Å². The monoisotopic (exact) mass is 329 g/mol. The fourth-order valence-electron chi connectivity index (χ4n) is 3.19. The van der Waals surface area contributed by atoms with Gasteiger partial charge in [0.15, 0.2) is 6.54 Å². The zero-order chi connectivity index (χ0) is 16.8. The van der Waals surface area contributed by atoms with E-state index in [1.807, 2.05) is 6.07 Å². The van der Waals surface area contributed by atoms with Crippen LogP contribution in [0.4, 0.5) is 10.1 Å². The Morgan fingerprint density at radius 2 is 1.67 bits per heavy atom. The summed E-state index contributed by atoms with van der Waals surface area (Å²) in [5.74, 6) is -0.389. The van der Waals surface area contributed by atoms with Crippen molar-refractivity contribution in [2.45, 2.75) is 6.54 Å². The second-order valence-corrected chi connectivity index (χ2v) is 6.40. The minimum absolute atomic E-state index is 0.0536. The van der Waals surface area contributed by atoms with Crippen LogP contribution in [0.1, 0.15) is 5.56 Å². The highest BCUT2D eigenvalue weighted by Gasteiger charge is 2.24. The van der Waals surface area contributed by atoms with Gasteiger partial charge in [0.05, 0.1) is 0 Å². The molecule has 0 unspecified atom stereocenters. The molecule has 3 N–H and O–H groups in total. The molecule has 0 saturated carbocycles. The van der Waals surface area contributed by atoms with E-state index < -0.39 is 0 Å². The Kier molecular flexibility index (Phi) is 5.56. The van der Waals surface area contributed by atoms with E-state index in [2.05, 4.69) is 29.6 Å². The highest BCUT2D eigenvalue weighted by molar-refractivity contribution is 5.91. The lowest BCUT2D eigenvalue weighted by Gasteiger charge is -2.29. The van der Waals surface area contributed by atoms with Crippen molar-refractivity contribution >= 4 is 11.6 Å². The lowest BCUT2D eigenvalue weighted by molar-refractivity contribution is -1.02. The molecule has 1 heterocycles. The predicted octanol–water partition coefficient (Wildman–Crippen LogP) is -0.252. The maximum Gasteiger partial charge on any atom is 0.279 e. The van der Waals surface area contributed by atoms with Crippen molar-refractivity contribution in [3.8, 4) is 0 Å². The van der Waals surface area contributed by atoms with Gasteiger partial charge in [-0.25, -0.2) is 4.39 Å². The van der Waals surface area contributed by atoms with Crippen molar-refractivity contribution in [1.82, 2.24) is 0 Å². The smallest absolute Gasteiger partial charge is 0.279 e. The quantitative estimate of drug-likeness (QED) is 0.695. The first-order chi connectivity index (χ1) is 11.7. The van der Waals surface area contributed by atoms with Gasteiger partial charge in [-0.1, -0.05) is 36.4 Å². The highest BCUT2D eigenvalue weighted by Crippen LogP contribution is 2.08. The molecule has 5 heteroatoms. The average Bonchev–Trinajstić information content (AvgIpc) is 2.57. The Bertz CT molecular complexity index is 669. The van der Waals surface area contributed by atoms with Gasteiger partial charge >= 0.3 is 0 Å². The minimum Gasteiger partial charge on any atom is -0.322 e. The van der Waals surface area contributed by atoms with Crippen LogP contribution in [0.15, 0.2) is 54.6 Å². The maximum atomic E-state index is 13.1. The lowest BCUT2D eigenvalue weighted by Crippen LogP contribution is -3.28. The Balaban J connectivity index is 1.42. The normalized spacial score (nSPS) is 20.5. The van der Waals surface area contributed by atoms with Crippen LogP contribution in [0, 0.1) is 5.82 Å². The lowest BCUT2D eigenvalue weighted by atomic mass is 10.2. The van der Waals surface area contributed by atoms with Gasteiger partial charge < -0.3 is 15.1 Å². The summed E-state index contributed by atoms with van der Waals surface area (Å²) in [6, 6.07) is 16.5. The average molecular weight is 329 g/mol. The topological polar surface area (TPSA) is 38.0 Å². The van der Waals surface area contributed by atoms with Gasteiger partial charge in [0.25, 0.3) is 5.91 Å². The van der Waals surface area contributed by atoms with Crippen LogP contribution in [-0.4, -0.2) is 38.6 Å². The molecule has 2 aromatic carbocycles. The summed E-state index contributed by atoms with van der Waals surface area (Å²) in [7, 11) is 0. The number of carbonyl (C=O) groups is 1. The first kappa shape index (κ1) is 16.6. The predicted molar refractivity (Wildman–Crippen MR) is 91.4 cm³/mol. The first-order valence-corrected chi connectivity index (χ1v) is 8.45. The molecule has 0 aromatic heterocycles. The number of halogens is 1. The molecular formula is C19H24FN3O+2. The molecule has 2 aromatic rings. The van der Waals surface area contributed by atoms with Crippen LogP contribution < -0.4 is 15.1 Å². The number of nitrogens with one attached hydrogen (secondary N) is 3. The van der Waals surface area contributed by atoms with E-state index in [1.165, 1.54) is 22.6 Å². The van der Waals surface area contributed by atoms with Gasteiger partial charge in [0.1, 0.15) is 38.5 Å². The largest absolute Gasteiger partial charge is 0.322 e. The second kappa shape index (κ2) is 8.04. The van der Waals surface area contributed by atoms with Gasteiger partial charge in [-0.2, -0.15) is 0 Å². The van der Waals surface area contributed by atoms with Crippen molar-refractivity contribution < 1.29 is 19.0 Å². The SMILES string of the molecule is O=C(C[NH+]1CC[NH+](Cc2ccccc2)CC1)Nc1cccc(F)c1. The summed E-state index contributed by atoms with van der Waals surface area (Å²) in [6.45, 7) is 5.59. The molecule has 0 radical (unpaired) electrons. The fraction of sp³-hybridized carbons (Fsp3) is 0.316. The number of amides is 1. The molecule has 1 amide bonds. The Hall–Kier alpha value is -2.24. The molecule has 126 valence electrons. The number of rotatable bonds is 5. The van der Waals surface area contributed by atoms with Crippen molar-refractivity contribution in [2.24, 2.45) is 0 Å². The highest BCUT2D eigenvalue weighted by atomic mass is 19.1. The molecule has 0 aliphatic carbocycles. The zero-order valence-electron chi connectivity index (χ0n) is 13.7. The van der Waals surface area contributed by atoms with Gasteiger partial charge in [-0.05, 0) is 18.2 Å². The van der Waals surface area contributed by atoms with Crippen molar-refractivity contribution in [1.29, 1.82) is 0 Å². The summed E-state index contributed by atoms with van der Waals surface area (Å²) < 4.78 is 13.1. The number of piperazine rings is 1. The van der Waals surface area contributed by atoms with Crippen LogP contribution in [-0.2, 0) is 11.3 Å². The Morgan fingerprint density at radius 3 is 2.38 bits per heavy atom. The Morgan fingerprint density at radius 1 is 0.958 bits per heavy atom. The van der Waals surface area contributed by atoms with E-state index in [0.717, 1.165) is 32.7 Å². The molecule has 1 aliphatic heterocycles. The van der Waals surface area contributed by atoms with Crippen LogP contribution in [0.5, 0.6) is 0 Å². The molecule has 3 rings (SSSR count). The van der Waals surface area contributed by atoms with E-state index in [0.29, 0.717) is 12.2 Å². The van der Waals surface area contributed by atoms with Gasteiger partial charge in [-0.15, -0.1) is 0 Å². The third-order valence-corrected chi connectivity index (χ3v) is 4.48. The van der Waals surface area contributed by atoms with Crippen molar-refractivity contribution in [3.63, 3.8) is 0 Å². The number of quaternary nitrogens is 2. The number of hydrogen-bond acceptors (Lipinski definition) is 1. The van der Waals surface area contributed by atoms with E-state index >= 15 is 0 Å². The van der Waals surface area contributed by atoms with Crippen LogP contribution >= 0.6 is 0 Å². The molecule has 1 saturated heterocycles. The van der Waals surface area contributed by atoms with Crippen molar-refractivity contribution in [3.05, 3.63) is 66.0 Å². The van der Waals surface area contributed by atoms with Gasteiger partial charge in [0.2, 0.25) is 0 Å². The number of anilines is 1. The van der Waals surface area contributed by atoms with E-state index in [4.69, 9.17) is 0 Å². The zero-order valence-corrected chi connectivity index (χ0v) is 13.7. The summed E-state index contributed by atoms with van der Waals surface area (Å²) in [6.07, 6.45) is 0. The molecule has 0 atom stereocenters. The number of hydrogen-bond donors (Lipinski definition) is 3. The van der Waals surface area contributed by atoms with Crippen molar-refractivity contribution in [2.75, 3.05) is 38.0 Å². The molecule has 24 heavy (non-hydrogen) atoms. The standard InChI is InChI=1S/C19H22FN3O/c20-17-7-4-8-18(13-17)21-19(24)15-23-11-9-22(10-12-23)14-16-5-2-1-3-6-16/h1-8,13H,9-12,14-15H2,(H,21,24)/p+2. The molecule has 0 bridgehead atoms. The summed E-state index contributed by atoms with van der Waals surface area (Å²) in [5.41, 5.74) is 1.88. The Labute approximate surface area is 141 Å².